The van der Waals surface area contributed by atoms with Crippen molar-refractivity contribution < 1.29 is 4.39 Å². The molecule has 0 bridgehead atoms. The molecular formula is C8H15ClFN. The average Bonchev–Trinajstić information content (AvgIpc) is 1.74. The first kappa shape index (κ1) is 9.27. The van der Waals surface area contributed by atoms with Crippen LogP contribution in [0.2, 0.25) is 0 Å². The average molecular weight is 180 g/mol. The van der Waals surface area contributed by atoms with Crippen molar-refractivity contribution in [3.63, 3.8) is 0 Å². The summed E-state index contributed by atoms with van der Waals surface area (Å²) in [6, 6.07) is 0. The van der Waals surface area contributed by atoms with Crippen LogP contribution in [0.15, 0.2) is 0 Å². The van der Waals surface area contributed by atoms with Crippen LogP contribution < -0.4 is 5.32 Å². The molecule has 1 heterocycles. The molecule has 0 atom stereocenters. The molecule has 0 aromatic carbocycles. The van der Waals surface area contributed by atoms with Gasteiger partial charge in [0, 0.05) is 13.1 Å². The fourth-order valence-electron chi connectivity index (χ4n) is 1.75. The number of halogens is 2. The number of hydrogen-bond acceptors (Lipinski definition) is 1. The van der Waals surface area contributed by atoms with E-state index in [9.17, 15) is 4.39 Å². The Kier molecular flexibility index (Phi) is 2.76. The van der Waals surface area contributed by atoms with E-state index < -0.39 is 5.67 Å². The molecule has 1 nitrogen and oxygen atoms in total. The van der Waals surface area contributed by atoms with Gasteiger partial charge in [-0.15, -0.1) is 12.4 Å². The summed E-state index contributed by atoms with van der Waals surface area (Å²) in [5, 5.41) is 2.98. The SMILES string of the molecule is Cl.FC1(CC2CCC2)CNC1. The highest BCUT2D eigenvalue weighted by Gasteiger charge is 2.40. The second-order valence-corrected chi connectivity index (χ2v) is 3.76. The summed E-state index contributed by atoms with van der Waals surface area (Å²) in [7, 11) is 0. The van der Waals surface area contributed by atoms with Gasteiger partial charge < -0.3 is 5.32 Å². The number of rotatable bonds is 2. The lowest BCUT2D eigenvalue weighted by atomic mass is 9.76. The number of hydrogen-bond donors (Lipinski definition) is 1. The summed E-state index contributed by atoms with van der Waals surface area (Å²) in [4.78, 5) is 0. The molecule has 2 rings (SSSR count). The Hall–Kier alpha value is 0.180. The van der Waals surface area contributed by atoms with E-state index in [2.05, 4.69) is 5.32 Å². The van der Waals surface area contributed by atoms with Crippen LogP contribution in [-0.2, 0) is 0 Å². The highest BCUT2D eigenvalue weighted by atomic mass is 35.5. The molecule has 1 saturated carbocycles. The van der Waals surface area contributed by atoms with Crippen molar-refractivity contribution >= 4 is 12.4 Å². The van der Waals surface area contributed by atoms with E-state index in [1.165, 1.54) is 19.3 Å². The minimum atomic E-state index is -0.814. The van der Waals surface area contributed by atoms with Gasteiger partial charge in [0.2, 0.25) is 0 Å². The van der Waals surface area contributed by atoms with Crippen molar-refractivity contribution in [3.05, 3.63) is 0 Å². The van der Waals surface area contributed by atoms with Crippen molar-refractivity contribution in [1.82, 2.24) is 5.32 Å². The van der Waals surface area contributed by atoms with Gasteiger partial charge in [-0.2, -0.15) is 0 Å². The Morgan fingerprint density at radius 2 is 2.00 bits per heavy atom. The zero-order valence-electron chi connectivity index (χ0n) is 6.61. The highest BCUT2D eigenvalue weighted by Crippen LogP contribution is 2.36. The summed E-state index contributed by atoms with van der Waals surface area (Å²) in [6.07, 6.45) is 4.69. The van der Waals surface area contributed by atoms with Gasteiger partial charge in [0.05, 0.1) is 0 Å². The van der Waals surface area contributed by atoms with E-state index in [-0.39, 0.29) is 12.4 Å². The third-order valence-corrected chi connectivity index (χ3v) is 2.76. The van der Waals surface area contributed by atoms with Crippen LogP contribution in [0, 0.1) is 5.92 Å². The van der Waals surface area contributed by atoms with Gasteiger partial charge in [0.15, 0.2) is 0 Å². The first-order valence-corrected chi connectivity index (χ1v) is 4.18. The molecule has 0 unspecified atom stereocenters. The van der Waals surface area contributed by atoms with Gasteiger partial charge in [-0.05, 0) is 12.3 Å². The molecular weight excluding hydrogens is 165 g/mol. The van der Waals surface area contributed by atoms with Crippen molar-refractivity contribution in [2.45, 2.75) is 31.4 Å². The van der Waals surface area contributed by atoms with E-state index in [4.69, 9.17) is 0 Å². The maximum absolute atomic E-state index is 13.3. The molecule has 0 aromatic heterocycles. The molecule has 2 aliphatic rings. The van der Waals surface area contributed by atoms with E-state index in [1.807, 2.05) is 0 Å². The Balaban J connectivity index is 0.000000605. The van der Waals surface area contributed by atoms with Gasteiger partial charge in [-0.1, -0.05) is 19.3 Å². The Labute approximate surface area is 73.2 Å². The Morgan fingerprint density at radius 3 is 2.27 bits per heavy atom. The fourth-order valence-corrected chi connectivity index (χ4v) is 1.75. The van der Waals surface area contributed by atoms with Crippen molar-refractivity contribution in [3.8, 4) is 0 Å². The van der Waals surface area contributed by atoms with E-state index in [0.717, 1.165) is 6.42 Å². The van der Waals surface area contributed by atoms with Gasteiger partial charge in [0.1, 0.15) is 5.67 Å². The van der Waals surface area contributed by atoms with Crippen LogP contribution in [0.4, 0.5) is 4.39 Å². The van der Waals surface area contributed by atoms with Crippen LogP contribution in [0.5, 0.6) is 0 Å². The second kappa shape index (κ2) is 3.28. The molecule has 1 aliphatic heterocycles. The molecule has 1 N–H and O–H groups in total. The first-order chi connectivity index (χ1) is 4.79. The predicted molar refractivity (Wildman–Crippen MR) is 45.9 cm³/mol. The van der Waals surface area contributed by atoms with Gasteiger partial charge in [-0.3, -0.25) is 0 Å². The summed E-state index contributed by atoms with van der Waals surface area (Å²) in [5.74, 6) is 0.715. The monoisotopic (exact) mass is 179 g/mol. The van der Waals surface area contributed by atoms with Crippen molar-refractivity contribution in [1.29, 1.82) is 0 Å². The molecule has 2 fully saturated rings. The summed E-state index contributed by atoms with van der Waals surface area (Å²) in [5.41, 5.74) is -0.814. The normalized spacial score (nSPS) is 28.1. The molecule has 3 heteroatoms. The Bertz CT molecular complexity index is 132. The zero-order chi connectivity index (χ0) is 7.03. The van der Waals surface area contributed by atoms with Crippen LogP contribution >= 0.6 is 12.4 Å². The van der Waals surface area contributed by atoms with Gasteiger partial charge in [0.25, 0.3) is 0 Å². The molecule has 0 spiro atoms. The number of alkyl halides is 1. The van der Waals surface area contributed by atoms with Crippen LogP contribution in [-0.4, -0.2) is 18.8 Å². The topological polar surface area (TPSA) is 12.0 Å². The molecule has 0 amide bonds. The quantitative estimate of drug-likeness (QED) is 0.683. The smallest absolute Gasteiger partial charge is 0.136 e. The second-order valence-electron chi connectivity index (χ2n) is 3.76. The summed E-state index contributed by atoms with van der Waals surface area (Å²) < 4.78 is 13.3. The maximum atomic E-state index is 13.3. The molecule has 66 valence electrons. The summed E-state index contributed by atoms with van der Waals surface area (Å²) >= 11 is 0. The minimum Gasteiger partial charge on any atom is -0.310 e. The predicted octanol–water partition coefficient (Wildman–Crippen LogP) is 1.91. The standard InChI is InChI=1S/C8H14FN.ClH/c9-8(5-10-6-8)4-7-2-1-3-7;/h7,10H,1-6H2;1H. The molecule has 1 aliphatic carbocycles. The van der Waals surface area contributed by atoms with Gasteiger partial charge >= 0.3 is 0 Å². The van der Waals surface area contributed by atoms with Crippen molar-refractivity contribution in [2.24, 2.45) is 5.92 Å². The molecule has 0 aromatic rings. The third-order valence-electron chi connectivity index (χ3n) is 2.76. The van der Waals surface area contributed by atoms with Crippen LogP contribution in [0.3, 0.4) is 0 Å². The van der Waals surface area contributed by atoms with Crippen molar-refractivity contribution in [2.75, 3.05) is 13.1 Å². The zero-order valence-corrected chi connectivity index (χ0v) is 7.42. The first-order valence-electron chi connectivity index (χ1n) is 4.18. The Morgan fingerprint density at radius 1 is 1.36 bits per heavy atom. The lowest BCUT2D eigenvalue weighted by Gasteiger charge is -2.40. The van der Waals surface area contributed by atoms with E-state index in [0.29, 0.717) is 19.0 Å². The van der Waals surface area contributed by atoms with E-state index in [1.54, 1.807) is 0 Å². The maximum Gasteiger partial charge on any atom is 0.136 e. The fraction of sp³-hybridized carbons (Fsp3) is 1.00. The minimum absolute atomic E-state index is 0. The van der Waals surface area contributed by atoms with Gasteiger partial charge in [-0.25, -0.2) is 4.39 Å². The summed E-state index contributed by atoms with van der Waals surface area (Å²) in [6.45, 7) is 1.20. The number of nitrogens with one attached hydrogen (secondary N) is 1. The highest BCUT2D eigenvalue weighted by molar-refractivity contribution is 5.85. The third kappa shape index (κ3) is 1.85. The van der Waals surface area contributed by atoms with Crippen LogP contribution in [0.25, 0.3) is 0 Å². The lowest BCUT2D eigenvalue weighted by Crippen LogP contribution is -2.57. The largest absolute Gasteiger partial charge is 0.310 e. The van der Waals surface area contributed by atoms with E-state index >= 15 is 0 Å². The van der Waals surface area contributed by atoms with Crippen LogP contribution in [0.1, 0.15) is 25.7 Å². The molecule has 11 heavy (non-hydrogen) atoms. The molecule has 1 saturated heterocycles. The lowest BCUT2D eigenvalue weighted by molar-refractivity contribution is 0.0441. The molecule has 0 radical (unpaired) electrons.